The van der Waals surface area contributed by atoms with Gasteiger partial charge in [0.2, 0.25) is 11.8 Å². The maximum absolute atomic E-state index is 14.0. The summed E-state index contributed by atoms with van der Waals surface area (Å²) in [6.07, 6.45) is 1.63. The highest BCUT2D eigenvalue weighted by Gasteiger charge is 2.34. The Kier molecular flexibility index (Phi) is 10.9. The molecule has 2 amide bonds. The molecule has 0 heterocycles. The van der Waals surface area contributed by atoms with Gasteiger partial charge < -0.3 is 10.2 Å². The van der Waals surface area contributed by atoms with Gasteiger partial charge in [-0.3, -0.25) is 13.9 Å². The van der Waals surface area contributed by atoms with E-state index in [4.69, 9.17) is 11.6 Å². The molecule has 9 heteroatoms. The summed E-state index contributed by atoms with van der Waals surface area (Å²) in [6.45, 7) is 5.46. The molecule has 2 atom stereocenters. The number of sulfonamides is 1. The molecule has 0 radical (unpaired) electrons. The van der Waals surface area contributed by atoms with Crippen molar-refractivity contribution in [3.63, 3.8) is 0 Å². The number of hydrogen-bond acceptors (Lipinski definition) is 4. The van der Waals surface area contributed by atoms with E-state index in [2.05, 4.69) is 5.32 Å². The van der Waals surface area contributed by atoms with E-state index in [9.17, 15) is 18.0 Å². The standard InChI is InChI=1S/C30H36ClN3O4S/c1-4-23(3)32-30(36)27(5-2)33(21-20-24-14-8-6-9-15-24)29(35)22-34(28-19-13-12-18-26(28)31)39(37,38)25-16-10-7-11-17-25/h6-19,23,27H,4-5,20-22H2,1-3H3,(H,32,36)/t23-,27-/m0/s1. The van der Waals surface area contributed by atoms with E-state index in [0.29, 0.717) is 12.8 Å². The van der Waals surface area contributed by atoms with Gasteiger partial charge in [-0.05, 0) is 56.0 Å². The van der Waals surface area contributed by atoms with Crippen LogP contribution in [0, 0.1) is 0 Å². The average molecular weight is 570 g/mol. The minimum atomic E-state index is -4.15. The Hall–Kier alpha value is -3.36. The number of nitrogens with one attached hydrogen (secondary N) is 1. The summed E-state index contributed by atoms with van der Waals surface area (Å²) in [5.74, 6) is -0.750. The van der Waals surface area contributed by atoms with Crippen LogP contribution in [0.3, 0.4) is 0 Å². The van der Waals surface area contributed by atoms with Gasteiger partial charge in [-0.25, -0.2) is 8.42 Å². The molecule has 0 fully saturated rings. The average Bonchev–Trinajstić information content (AvgIpc) is 2.95. The molecule has 0 aliphatic rings. The number of amides is 2. The maximum atomic E-state index is 14.0. The second-order valence-corrected chi connectivity index (χ2v) is 11.6. The number of carbonyl (C=O) groups is 2. The van der Waals surface area contributed by atoms with Crippen LogP contribution in [0.2, 0.25) is 5.02 Å². The monoisotopic (exact) mass is 569 g/mol. The van der Waals surface area contributed by atoms with Crippen molar-refractivity contribution in [1.82, 2.24) is 10.2 Å². The molecule has 0 aromatic heterocycles. The second kappa shape index (κ2) is 14.1. The molecule has 0 aliphatic heterocycles. The summed E-state index contributed by atoms with van der Waals surface area (Å²) in [5.41, 5.74) is 1.20. The topological polar surface area (TPSA) is 86.8 Å². The summed E-state index contributed by atoms with van der Waals surface area (Å²) >= 11 is 6.44. The van der Waals surface area contributed by atoms with E-state index >= 15 is 0 Å². The summed E-state index contributed by atoms with van der Waals surface area (Å²) in [4.78, 5) is 28.8. The number of halogens is 1. The summed E-state index contributed by atoms with van der Waals surface area (Å²) in [6, 6.07) is 23.3. The molecule has 208 valence electrons. The SMILES string of the molecule is CC[C@H](C)NC(=O)[C@H](CC)N(CCc1ccccc1)C(=O)CN(c1ccccc1Cl)S(=O)(=O)c1ccccc1. The number of para-hydroxylation sites is 1. The third kappa shape index (κ3) is 7.83. The molecule has 0 aliphatic carbocycles. The quantitative estimate of drug-likeness (QED) is 0.303. The van der Waals surface area contributed by atoms with Gasteiger partial charge in [-0.1, -0.05) is 86.1 Å². The third-order valence-corrected chi connectivity index (χ3v) is 8.70. The van der Waals surface area contributed by atoms with Crippen molar-refractivity contribution in [2.45, 2.75) is 57.0 Å². The number of rotatable bonds is 13. The van der Waals surface area contributed by atoms with Crippen LogP contribution >= 0.6 is 11.6 Å². The van der Waals surface area contributed by atoms with E-state index in [1.165, 1.54) is 17.0 Å². The highest BCUT2D eigenvalue weighted by Crippen LogP contribution is 2.30. The largest absolute Gasteiger partial charge is 0.352 e. The van der Waals surface area contributed by atoms with Gasteiger partial charge in [0.25, 0.3) is 10.0 Å². The van der Waals surface area contributed by atoms with Crippen LogP contribution in [-0.2, 0) is 26.0 Å². The van der Waals surface area contributed by atoms with Gasteiger partial charge in [-0.15, -0.1) is 0 Å². The van der Waals surface area contributed by atoms with Crippen LogP contribution in [0.5, 0.6) is 0 Å². The van der Waals surface area contributed by atoms with Crippen LogP contribution in [0.15, 0.2) is 89.8 Å². The Morgan fingerprint density at radius 1 is 0.872 bits per heavy atom. The lowest BCUT2D eigenvalue weighted by Crippen LogP contribution is -2.54. The fourth-order valence-corrected chi connectivity index (χ4v) is 5.97. The van der Waals surface area contributed by atoms with Crippen molar-refractivity contribution in [3.05, 3.63) is 95.5 Å². The van der Waals surface area contributed by atoms with Crippen molar-refractivity contribution in [3.8, 4) is 0 Å². The van der Waals surface area contributed by atoms with Crippen LogP contribution in [-0.4, -0.2) is 50.3 Å². The predicted octanol–water partition coefficient (Wildman–Crippen LogP) is 5.30. The molecular weight excluding hydrogens is 534 g/mol. The van der Waals surface area contributed by atoms with Crippen LogP contribution in [0.25, 0.3) is 0 Å². The summed E-state index contributed by atoms with van der Waals surface area (Å²) in [7, 11) is -4.15. The Morgan fingerprint density at radius 2 is 1.46 bits per heavy atom. The lowest BCUT2D eigenvalue weighted by molar-refractivity contribution is -0.139. The van der Waals surface area contributed by atoms with E-state index in [-0.39, 0.29) is 34.1 Å². The van der Waals surface area contributed by atoms with Crippen LogP contribution in [0.4, 0.5) is 5.69 Å². The van der Waals surface area contributed by atoms with Gasteiger partial charge in [0.15, 0.2) is 0 Å². The lowest BCUT2D eigenvalue weighted by Gasteiger charge is -2.34. The highest BCUT2D eigenvalue weighted by molar-refractivity contribution is 7.92. The first-order chi connectivity index (χ1) is 18.7. The van der Waals surface area contributed by atoms with Crippen LogP contribution in [0.1, 0.15) is 39.2 Å². The lowest BCUT2D eigenvalue weighted by atomic mass is 10.1. The predicted molar refractivity (Wildman–Crippen MR) is 156 cm³/mol. The molecule has 0 saturated heterocycles. The number of nitrogens with zero attached hydrogens (tertiary/aromatic N) is 2. The number of carbonyl (C=O) groups excluding carboxylic acids is 2. The molecule has 3 aromatic rings. The molecule has 39 heavy (non-hydrogen) atoms. The third-order valence-electron chi connectivity index (χ3n) is 6.60. The minimum absolute atomic E-state index is 0.0371. The molecular formula is C30H36ClN3O4S. The molecule has 7 nitrogen and oxygen atoms in total. The second-order valence-electron chi connectivity index (χ2n) is 9.34. The zero-order valence-electron chi connectivity index (χ0n) is 22.6. The molecule has 0 saturated carbocycles. The number of hydrogen-bond donors (Lipinski definition) is 1. The maximum Gasteiger partial charge on any atom is 0.264 e. The molecule has 0 unspecified atom stereocenters. The zero-order valence-corrected chi connectivity index (χ0v) is 24.2. The normalized spacial score (nSPS) is 12.8. The van der Waals surface area contributed by atoms with Gasteiger partial charge >= 0.3 is 0 Å². The van der Waals surface area contributed by atoms with Crippen molar-refractivity contribution >= 4 is 39.1 Å². The molecule has 0 bridgehead atoms. The summed E-state index contributed by atoms with van der Waals surface area (Å²) in [5, 5.41) is 3.18. The van der Waals surface area contributed by atoms with Crippen molar-refractivity contribution in [2.24, 2.45) is 0 Å². The fourth-order valence-electron chi connectivity index (χ4n) is 4.22. The molecule has 0 spiro atoms. The van der Waals surface area contributed by atoms with Gasteiger partial charge in [0.05, 0.1) is 15.6 Å². The van der Waals surface area contributed by atoms with Crippen LogP contribution < -0.4 is 9.62 Å². The van der Waals surface area contributed by atoms with Crippen molar-refractivity contribution < 1.29 is 18.0 Å². The van der Waals surface area contributed by atoms with Crippen molar-refractivity contribution in [1.29, 1.82) is 0 Å². The van der Waals surface area contributed by atoms with E-state index < -0.39 is 28.5 Å². The van der Waals surface area contributed by atoms with E-state index in [1.807, 2.05) is 51.1 Å². The first-order valence-corrected chi connectivity index (χ1v) is 15.0. The number of benzene rings is 3. The fraction of sp³-hybridized carbons (Fsp3) is 0.333. The smallest absolute Gasteiger partial charge is 0.264 e. The Morgan fingerprint density at radius 3 is 2.05 bits per heavy atom. The van der Waals surface area contributed by atoms with Gasteiger partial charge in [-0.2, -0.15) is 0 Å². The zero-order chi connectivity index (χ0) is 28.4. The highest BCUT2D eigenvalue weighted by atomic mass is 35.5. The first kappa shape index (κ1) is 30.2. The molecule has 1 N–H and O–H groups in total. The minimum Gasteiger partial charge on any atom is -0.352 e. The van der Waals surface area contributed by atoms with Gasteiger partial charge in [0.1, 0.15) is 12.6 Å². The number of anilines is 1. The summed E-state index contributed by atoms with van der Waals surface area (Å²) < 4.78 is 28.6. The molecule has 3 rings (SSSR count). The molecule has 3 aromatic carbocycles. The Bertz CT molecular complexity index is 1340. The van der Waals surface area contributed by atoms with E-state index in [0.717, 1.165) is 16.3 Å². The Balaban J connectivity index is 2.00. The first-order valence-electron chi connectivity index (χ1n) is 13.1. The van der Waals surface area contributed by atoms with E-state index in [1.54, 1.807) is 42.5 Å². The van der Waals surface area contributed by atoms with Gasteiger partial charge in [0, 0.05) is 12.6 Å². The van der Waals surface area contributed by atoms with Crippen molar-refractivity contribution in [2.75, 3.05) is 17.4 Å². The Labute approximate surface area is 236 Å².